The van der Waals surface area contributed by atoms with Crippen LogP contribution < -0.4 is 10.1 Å². The summed E-state index contributed by atoms with van der Waals surface area (Å²) in [6.45, 7) is 4.39. The van der Waals surface area contributed by atoms with Gasteiger partial charge < -0.3 is 19.8 Å². The maximum Gasteiger partial charge on any atom is 0.472 e. The van der Waals surface area contributed by atoms with E-state index in [1.54, 1.807) is 42.6 Å². The first-order valence-corrected chi connectivity index (χ1v) is 14.1. The summed E-state index contributed by atoms with van der Waals surface area (Å²) in [5.74, 6) is 1.02. The maximum absolute atomic E-state index is 12.8. The van der Waals surface area contributed by atoms with Gasteiger partial charge in [0.2, 0.25) is 0 Å². The Kier molecular flexibility index (Phi) is 8.91. The van der Waals surface area contributed by atoms with Gasteiger partial charge >= 0.3 is 7.82 Å². The van der Waals surface area contributed by atoms with Gasteiger partial charge in [-0.15, -0.1) is 0 Å². The molecule has 38 heavy (non-hydrogen) atoms. The summed E-state index contributed by atoms with van der Waals surface area (Å²) in [5, 5.41) is 8.26. The van der Waals surface area contributed by atoms with Gasteiger partial charge in [-0.2, -0.15) is 5.10 Å². The average molecular weight is 604 g/mol. The van der Waals surface area contributed by atoms with Crippen LogP contribution in [0.15, 0.2) is 59.3 Å². The number of nitrogens with zero attached hydrogens (tertiary/aromatic N) is 4. The molecule has 4 aromatic rings. The molecule has 11 nitrogen and oxygen atoms in total. The Morgan fingerprint density at radius 2 is 1.97 bits per heavy atom. The summed E-state index contributed by atoms with van der Waals surface area (Å²) in [7, 11) is -4.61. The molecule has 0 aliphatic carbocycles. The third kappa shape index (κ3) is 7.24. The van der Waals surface area contributed by atoms with Gasteiger partial charge in [0.1, 0.15) is 5.75 Å². The first-order valence-electron chi connectivity index (χ1n) is 11.8. The average Bonchev–Trinajstić information content (AvgIpc) is 3.19. The Bertz CT molecular complexity index is 1460. The van der Waals surface area contributed by atoms with E-state index in [2.05, 4.69) is 49.7 Å². The maximum atomic E-state index is 12.8. The molecule has 3 aromatic heterocycles. The second-order valence-corrected chi connectivity index (χ2v) is 11.0. The van der Waals surface area contributed by atoms with E-state index >= 15 is 0 Å². The van der Waals surface area contributed by atoms with E-state index in [1.165, 1.54) is 6.20 Å². The predicted octanol–water partition coefficient (Wildman–Crippen LogP) is 5.39. The minimum atomic E-state index is -4.61. The smallest absolute Gasteiger partial charge is 0.467 e. The van der Waals surface area contributed by atoms with Crippen molar-refractivity contribution in [3.8, 4) is 17.0 Å². The summed E-state index contributed by atoms with van der Waals surface area (Å²) < 4.78 is 22.9. The van der Waals surface area contributed by atoms with Gasteiger partial charge in [-0.1, -0.05) is 13.8 Å². The van der Waals surface area contributed by atoms with Crippen molar-refractivity contribution in [3.05, 3.63) is 64.9 Å². The Morgan fingerprint density at radius 1 is 1.21 bits per heavy atom. The number of ether oxygens (including phenoxy) is 1. The van der Waals surface area contributed by atoms with Crippen molar-refractivity contribution in [2.75, 3.05) is 12.1 Å². The number of aromatic nitrogens is 4. The van der Waals surface area contributed by atoms with Gasteiger partial charge in [-0.05, 0) is 77.2 Å². The van der Waals surface area contributed by atoms with Crippen LogP contribution in [0.1, 0.15) is 37.0 Å². The molecule has 0 radical (unpaired) electrons. The molecule has 0 spiro atoms. The number of hydrogen-bond donors (Lipinski definition) is 3. The zero-order valence-corrected chi connectivity index (χ0v) is 23.2. The predicted molar refractivity (Wildman–Crippen MR) is 146 cm³/mol. The molecule has 0 unspecified atom stereocenters. The highest BCUT2D eigenvalue weighted by Crippen LogP contribution is 2.36. The van der Waals surface area contributed by atoms with Crippen LogP contribution in [0.5, 0.6) is 5.75 Å². The molecule has 200 valence electrons. The fourth-order valence-electron chi connectivity index (χ4n) is 3.72. The molecular formula is C25H27BrN5O6P. The molecule has 0 aliphatic rings. The number of hydrogen-bond acceptors (Lipinski definition) is 7. The minimum absolute atomic E-state index is 0.314. The Balaban J connectivity index is 1.64. The summed E-state index contributed by atoms with van der Waals surface area (Å²) in [4.78, 5) is 39.3. The molecule has 0 fully saturated rings. The van der Waals surface area contributed by atoms with Crippen molar-refractivity contribution in [2.45, 2.75) is 33.2 Å². The van der Waals surface area contributed by atoms with E-state index in [0.29, 0.717) is 50.8 Å². The highest BCUT2D eigenvalue weighted by Gasteiger charge is 2.19. The molecule has 0 bridgehead atoms. The van der Waals surface area contributed by atoms with Crippen molar-refractivity contribution < 1.29 is 28.4 Å². The topological polar surface area (TPSA) is 149 Å². The number of carbonyl (C=O) groups excluding carboxylic acids is 1. The van der Waals surface area contributed by atoms with Crippen LogP contribution in [0.3, 0.4) is 0 Å². The molecule has 0 atom stereocenters. The highest BCUT2D eigenvalue weighted by molar-refractivity contribution is 9.10. The number of phosphoric acid groups is 1. The monoisotopic (exact) mass is 603 g/mol. The lowest BCUT2D eigenvalue weighted by molar-refractivity contribution is 0.0829. The molecule has 3 N–H and O–H groups in total. The van der Waals surface area contributed by atoms with E-state index in [4.69, 9.17) is 19.5 Å². The number of carbonyl (C=O) groups is 1. The van der Waals surface area contributed by atoms with Gasteiger partial charge in [0.05, 0.1) is 16.6 Å². The molecular weight excluding hydrogens is 577 g/mol. The van der Waals surface area contributed by atoms with Crippen LogP contribution in [0.25, 0.3) is 22.3 Å². The van der Waals surface area contributed by atoms with Crippen molar-refractivity contribution >= 4 is 46.5 Å². The Labute approximate surface area is 227 Å². The van der Waals surface area contributed by atoms with Crippen LogP contribution in [0.4, 0.5) is 5.82 Å². The number of fused-ring (bicyclic) bond motifs is 1. The van der Waals surface area contributed by atoms with E-state index in [0.717, 1.165) is 18.4 Å². The highest BCUT2D eigenvalue weighted by atomic mass is 79.9. The first kappa shape index (κ1) is 27.9. The molecule has 1 amide bonds. The fraction of sp³-hybridized carbons (Fsp3) is 0.280. The number of anilines is 1. The summed E-state index contributed by atoms with van der Waals surface area (Å²) in [5.41, 5.74) is 2.49. The van der Waals surface area contributed by atoms with Crippen molar-refractivity contribution in [2.24, 2.45) is 5.92 Å². The van der Waals surface area contributed by atoms with E-state index < -0.39 is 14.6 Å². The van der Waals surface area contributed by atoms with Crippen molar-refractivity contribution in [1.29, 1.82) is 0 Å². The Morgan fingerprint density at radius 3 is 2.63 bits per heavy atom. The largest absolute Gasteiger partial charge is 0.472 e. The molecule has 0 saturated carbocycles. The van der Waals surface area contributed by atoms with Crippen LogP contribution >= 0.6 is 23.8 Å². The lowest BCUT2D eigenvalue weighted by Crippen LogP contribution is -2.13. The quantitative estimate of drug-likeness (QED) is 0.151. The lowest BCUT2D eigenvalue weighted by atomic mass is 10.1. The number of aryl methyl sites for hydroxylation is 1. The fourth-order valence-corrected chi connectivity index (χ4v) is 4.46. The molecule has 0 aliphatic heterocycles. The summed E-state index contributed by atoms with van der Waals surface area (Å²) in [6.07, 6.45) is 5.03. The molecule has 0 saturated heterocycles. The van der Waals surface area contributed by atoms with Gasteiger partial charge in [-0.25, -0.2) is 18.8 Å². The van der Waals surface area contributed by atoms with Crippen LogP contribution in [0.2, 0.25) is 0 Å². The van der Waals surface area contributed by atoms with Gasteiger partial charge in [0.15, 0.2) is 18.3 Å². The summed E-state index contributed by atoms with van der Waals surface area (Å²) >= 11 is 3.60. The molecule has 3 heterocycles. The second-order valence-electron chi connectivity index (χ2n) is 8.90. The van der Waals surface area contributed by atoms with E-state index in [1.807, 2.05) is 10.7 Å². The van der Waals surface area contributed by atoms with E-state index in [-0.39, 0.29) is 5.91 Å². The second kappa shape index (κ2) is 12.1. The normalized spacial score (nSPS) is 11.7. The number of rotatable bonds is 11. The van der Waals surface area contributed by atoms with Crippen molar-refractivity contribution in [3.63, 3.8) is 0 Å². The number of benzene rings is 1. The molecule has 4 rings (SSSR count). The third-order valence-corrected chi connectivity index (χ3v) is 6.60. The molecule has 13 heteroatoms. The minimum Gasteiger partial charge on any atom is -0.467 e. The molecule has 1 aromatic carbocycles. The van der Waals surface area contributed by atoms with E-state index in [9.17, 15) is 9.36 Å². The van der Waals surface area contributed by atoms with Crippen LogP contribution in [0, 0.1) is 5.92 Å². The zero-order valence-electron chi connectivity index (χ0n) is 20.7. The third-order valence-electron chi connectivity index (χ3n) is 5.56. The standard InChI is InChI=1S/C25H27BrN5O6P/c1-16(2)5-4-12-31-24-20(23(30-31)29-25(32)18-6-3-11-27-14-18)13-21(26)22(28-24)17-7-9-19(10-8-17)36-15-37-38(33,34)35/h3,6-11,13-14,16H,4-5,12,15H2,1-2H3,(H,29,30,32)(H2,33,34,35). The number of amides is 1. The van der Waals surface area contributed by atoms with Crippen molar-refractivity contribution in [1.82, 2.24) is 19.7 Å². The Hall–Kier alpha value is -3.15. The van der Waals surface area contributed by atoms with Gasteiger partial charge in [0.25, 0.3) is 5.91 Å². The first-order chi connectivity index (χ1) is 18.1. The number of phosphoric ester groups is 1. The van der Waals surface area contributed by atoms with Crippen LogP contribution in [-0.2, 0) is 15.6 Å². The number of nitrogens with one attached hydrogen (secondary N) is 1. The summed E-state index contributed by atoms with van der Waals surface area (Å²) in [6, 6.07) is 12.1. The SMILES string of the molecule is CC(C)CCCn1nc(NC(=O)c2cccnc2)c2cc(Br)c(-c3ccc(OCOP(=O)(O)O)cc3)nc21. The van der Waals surface area contributed by atoms with Crippen LogP contribution in [-0.4, -0.2) is 42.2 Å². The zero-order chi connectivity index (χ0) is 27.3. The number of pyridine rings is 2. The lowest BCUT2D eigenvalue weighted by Gasteiger charge is -2.10. The van der Waals surface area contributed by atoms with Gasteiger partial charge in [0, 0.05) is 29.0 Å². The number of halogens is 1. The van der Waals surface area contributed by atoms with Gasteiger partial charge in [-0.3, -0.25) is 9.78 Å².